The van der Waals surface area contributed by atoms with E-state index in [-0.39, 0.29) is 18.5 Å². The Morgan fingerprint density at radius 2 is 2.14 bits per heavy atom. The van der Waals surface area contributed by atoms with Crippen LogP contribution in [-0.4, -0.2) is 54.6 Å². The number of amides is 1. The predicted molar refractivity (Wildman–Crippen MR) is 110 cm³/mol. The van der Waals surface area contributed by atoms with E-state index < -0.39 is 16.1 Å². The molecule has 0 saturated carbocycles. The Morgan fingerprint density at radius 3 is 2.79 bits per heavy atom. The van der Waals surface area contributed by atoms with Crippen molar-refractivity contribution in [3.05, 3.63) is 47.5 Å². The summed E-state index contributed by atoms with van der Waals surface area (Å²) in [4.78, 5) is 17.5. The summed E-state index contributed by atoms with van der Waals surface area (Å²) in [7, 11) is -1.94. The third kappa shape index (κ3) is 4.62. The van der Waals surface area contributed by atoms with Crippen LogP contribution < -0.4 is 10.1 Å². The second kappa shape index (κ2) is 8.54. The molecule has 0 spiro atoms. The van der Waals surface area contributed by atoms with E-state index in [0.29, 0.717) is 25.1 Å². The first-order chi connectivity index (χ1) is 13.7. The number of methoxy groups -OCH3 is 1. The number of aromatic nitrogens is 2. The van der Waals surface area contributed by atoms with Gasteiger partial charge in [0, 0.05) is 25.6 Å². The van der Waals surface area contributed by atoms with Gasteiger partial charge < -0.3 is 14.6 Å². The first-order valence-corrected chi connectivity index (χ1v) is 11.5. The van der Waals surface area contributed by atoms with E-state index in [2.05, 4.69) is 10.3 Å². The number of carbonyl (C=O) groups excluding carboxylic acids is 1. The minimum atomic E-state index is -3.55. The van der Waals surface area contributed by atoms with Gasteiger partial charge in [0.1, 0.15) is 11.8 Å². The van der Waals surface area contributed by atoms with E-state index in [4.69, 9.17) is 4.74 Å². The average molecular weight is 421 g/mol. The highest BCUT2D eigenvalue weighted by Gasteiger charge is 2.41. The summed E-state index contributed by atoms with van der Waals surface area (Å²) in [6.45, 7) is 4.61. The summed E-state index contributed by atoms with van der Waals surface area (Å²) in [6, 6.07) is 6.80. The Kier molecular flexibility index (Phi) is 6.28. The highest BCUT2D eigenvalue weighted by molar-refractivity contribution is 7.88. The number of carbonyl (C=O) groups is 1. The molecular formula is C20H28N4O4S. The number of benzene rings is 1. The van der Waals surface area contributed by atoms with Crippen LogP contribution >= 0.6 is 0 Å². The molecule has 0 fully saturated rings. The number of rotatable bonds is 7. The zero-order valence-corrected chi connectivity index (χ0v) is 18.1. The molecule has 1 aromatic heterocycles. The molecule has 1 unspecified atom stereocenters. The third-order valence-electron chi connectivity index (χ3n) is 5.11. The van der Waals surface area contributed by atoms with Gasteiger partial charge in [0.15, 0.2) is 0 Å². The van der Waals surface area contributed by atoms with Crippen molar-refractivity contribution in [3.8, 4) is 5.75 Å². The van der Waals surface area contributed by atoms with Gasteiger partial charge in [0.05, 0.1) is 31.1 Å². The van der Waals surface area contributed by atoms with Gasteiger partial charge in [-0.05, 0) is 38.0 Å². The largest absolute Gasteiger partial charge is 0.497 e. The van der Waals surface area contributed by atoms with Gasteiger partial charge in [-0.25, -0.2) is 13.4 Å². The Labute approximate surface area is 171 Å². The smallest absolute Gasteiger partial charge is 0.244 e. The fraction of sp³-hybridized carbons (Fsp3) is 0.500. The number of sulfonamides is 1. The number of nitrogens with one attached hydrogen (secondary N) is 1. The van der Waals surface area contributed by atoms with Crippen molar-refractivity contribution < 1.29 is 17.9 Å². The maximum atomic E-state index is 13.1. The van der Waals surface area contributed by atoms with Crippen LogP contribution in [0.15, 0.2) is 30.6 Å². The third-order valence-corrected chi connectivity index (χ3v) is 6.35. The average Bonchev–Trinajstić information content (AvgIpc) is 3.11. The van der Waals surface area contributed by atoms with Gasteiger partial charge >= 0.3 is 0 Å². The molecule has 1 amide bonds. The quantitative estimate of drug-likeness (QED) is 0.736. The number of fused-ring (bicyclic) bond motifs is 1. The summed E-state index contributed by atoms with van der Waals surface area (Å²) in [5, 5.41) is 2.91. The van der Waals surface area contributed by atoms with Gasteiger partial charge in [-0.15, -0.1) is 0 Å². The van der Waals surface area contributed by atoms with Gasteiger partial charge in [-0.1, -0.05) is 12.1 Å². The van der Waals surface area contributed by atoms with Gasteiger partial charge in [0.2, 0.25) is 15.9 Å². The summed E-state index contributed by atoms with van der Waals surface area (Å²) in [5.74, 6) is 0.427. The Bertz CT molecular complexity index is 984. The van der Waals surface area contributed by atoms with Crippen molar-refractivity contribution in [2.45, 2.75) is 38.8 Å². The first-order valence-electron chi connectivity index (χ1n) is 9.65. The molecule has 29 heavy (non-hydrogen) atoms. The lowest BCUT2D eigenvalue weighted by Crippen LogP contribution is -2.48. The van der Waals surface area contributed by atoms with Crippen molar-refractivity contribution in [3.63, 3.8) is 0 Å². The molecule has 3 rings (SSSR count). The molecule has 0 radical (unpaired) electrons. The molecule has 1 atom stereocenters. The summed E-state index contributed by atoms with van der Waals surface area (Å²) in [5.41, 5.74) is 2.48. The van der Waals surface area contributed by atoms with Crippen LogP contribution in [-0.2, 0) is 27.7 Å². The standard InChI is InChI=1S/C20H28N4O4S/c1-14(2)23-13-22-17-9-11-24(29(4,26)27)19(18(17)23)20(25)21-10-8-15-6-5-7-16(12-15)28-3/h5-7,12-14,19H,8-11H2,1-4H3,(H,21,25). The van der Waals surface area contributed by atoms with Crippen LogP contribution in [0.25, 0.3) is 0 Å². The minimum Gasteiger partial charge on any atom is -0.497 e. The lowest BCUT2D eigenvalue weighted by atomic mass is 10.0. The summed E-state index contributed by atoms with van der Waals surface area (Å²) >= 11 is 0. The molecule has 1 aliphatic heterocycles. The van der Waals surface area contributed by atoms with E-state index in [1.54, 1.807) is 13.4 Å². The Morgan fingerprint density at radius 1 is 1.38 bits per heavy atom. The van der Waals surface area contributed by atoms with Crippen LogP contribution in [0.4, 0.5) is 0 Å². The lowest BCUT2D eigenvalue weighted by molar-refractivity contribution is -0.125. The van der Waals surface area contributed by atoms with Crippen LogP contribution in [0.3, 0.4) is 0 Å². The monoisotopic (exact) mass is 420 g/mol. The van der Waals surface area contributed by atoms with E-state index in [1.807, 2.05) is 42.7 Å². The van der Waals surface area contributed by atoms with Gasteiger partial charge in [-0.2, -0.15) is 4.31 Å². The summed E-state index contributed by atoms with van der Waals surface area (Å²) < 4.78 is 33.2. The van der Waals surface area contributed by atoms with Crippen LogP contribution in [0.1, 0.15) is 42.9 Å². The Balaban J connectivity index is 1.81. The van der Waals surface area contributed by atoms with Gasteiger partial charge in [0.25, 0.3) is 0 Å². The highest BCUT2D eigenvalue weighted by atomic mass is 32.2. The fourth-order valence-corrected chi connectivity index (χ4v) is 4.66. The SMILES string of the molecule is COc1cccc(CCNC(=O)C2c3c(ncn3C(C)C)CCN2S(C)(=O)=O)c1. The van der Waals surface area contributed by atoms with Crippen molar-refractivity contribution in [1.82, 2.24) is 19.2 Å². The van der Waals surface area contributed by atoms with E-state index in [0.717, 1.165) is 23.3 Å². The second-order valence-electron chi connectivity index (χ2n) is 7.50. The molecule has 8 nitrogen and oxygen atoms in total. The van der Waals surface area contributed by atoms with Crippen LogP contribution in [0, 0.1) is 0 Å². The predicted octanol–water partition coefficient (Wildman–Crippen LogP) is 1.69. The van der Waals surface area contributed by atoms with E-state index in [9.17, 15) is 13.2 Å². The fourth-order valence-electron chi connectivity index (χ4n) is 3.66. The Hall–Kier alpha value is -2.39. The van der Waals surface area contributed by atoms with Crippen molar-refractivity contribution in [1.29, 1.82) is 0 Å². The zero-order chi connectivity index (χ0) is 21.2. The number of hydrogen-bond acceptors (Lipinski definition) is 5. The topological polar surface area (TPSA) is 93.5 Å². The first kappa shape index (κ1) is 21.3. The molecule has 0 saturated heterocycles. The maximum absolute atomic E-state index is 13.1. The molecule has 1 N–H and O–H groups in total. The molecule has 1 aliphatic rings. The number of hydrogen-bond donors (Lipinski definition) is 1. The molecule has 158 valence electrons. The maximum Gasteiger partial charge on any atom is 0.244 e. The van der Waals surface area contributed by atoms with Crippen molar-refractivity contribution >= 4 is 15.9 Å². The molecule has 2 aromatic rings. The molecule has 1 aromatic carbocycles. The summed E-state index contributed by atoms with van der Waals surface area (Å²) in [6.07, 6.45) is 3.95. The molecule has 9 heteroatoms. The number of nitrogens with zero attached hydrogens (tertiary/aromatic N) is 3. The van der Waals surface area contributed by atoms with Crippen LogP contribution in [0.2, 0.25) is 0 Å². The van der Waals surface area contributed by atoms with Crippen molar-refractivity contribution in [2.75, 3.05) is 26.5 Å². The lowest BCUT2D eigenvalue weighted by Gasteiger charge is -2.34. The van der Waals surface area contributed by atoms with Gasteiger partial charge in [-0.3, -0.25) is 4.79 Å². The van der Waals surface area contributed by atoms with Crippen LogP contribution in [0.5, 0.6) is 5.75 Å². The molecule has 2 heterocycles. The molecule has 0 aliphatic carbocycles. The highest BCUT2D eigenvalue weighted by Crippen LogP contribution is 2.33. The number of ether oxygens (including phenoxy) is 1. The van der Waals surface area contributed by atoms with Crippen molar-refractivity contribution in [2.24, 2.45) is 0 Å². The zero-order valence-electron chi connectivity index (χ0n) is 17.3. The normalized spacial score (nSPS) is 17.2. The number of imidazole rings is 1. The molecular weight excluding hydrogens is 392 g/mol. The van der Waals surface area contributed by atoms with E-state index in [1.165, 1.54) is 4.31 Å². The molecule has 0 bridgehead atoms. The second-order valence-corrected chi connectivity index (χ2v) is 9.43. The minimum absolute atomic E-state index is 0.0674. The van der Waals surface area contributed by atoms with E-state index >= 15 is 0 Å².